The molecule has 0 atom stereocenters. The van der Waals surface area contributed by atoms with Crippen LogP contribution in [0.25, 0.3) is 61.4 Å². The minimum Gasteiger partial charge on any atom is -0.486 e. The molecule has 1 radical (unpaired) electrons. The number of para-hydroxylation sites is 1. The summed E-state index contributed by atoms with van der Waals surface area (Å²) in [6.45, 7) is 15.7. The smallest absolute Gasteiger partial charge is 0.216 e. The standard InChI is InChI=1S/C30H27N4O.C15H18NSi.Ir/c1-17(2)20-8-6-9-21(18(3)4)27(20)34-26-16-31-15-14-25(26)33-29(34)24-11-7-10-22-23-13-12-19(5)32-30(23)35-28(22)24;1-12-5-7-13(8-6-12)15-10-9-14(11-16-15)17(2,3)4;/h6-10,12-18H,1-5H3;5-7,9-11H,1-4H3;/q2*-1;/i;1D3;. The molecule has 5 heterocycles. The molecule has 3 aromatic carbocycles. The molecule has 0 bridgehead atoms. The minimum atomic E-state index is -2.08. The van der Waals surface area contributed by atoms with Crippen LogP contribution in [0.15, 0.2) is 102 Å². The summed E-state index contributed by atoms with van der Waals surface area (Å²) < 4.78 is 30.6. The molecule has 0 unspecified atom stereocenters. The molecule has 0 aliphatic rings. The molecule has 0 saturated carbocycles. The number of pyridine rings is 3. The molecule has 8 heteroatoms. The van der Waals surface area contributed by atoms with Gasteiger partial charge in [-0.3, -0.25) is 9.97 Å². The van der Waals surface area contributed by atoms with Crippen LogP contribution in [0.5, 0.6) is 0 Å². The molecule has 271 valence electrons. The third-order valence-corrected chi connectivity index (χ3v) is 11.4. The number of fused-ring (bicyclic) bond motifs is 4. The van der Waals surface area contributed by atoms with E-state index in [2.05, 4.69) is 109 Å². The number of imidazole rings is 1. The van der Waals surface area contributed by atoms with Crippen molar-refractivity contribution in [3.05, 3.63) is 132 Å². The van der Waals surface area contributed by atoms with Crippen LogP contribution in [-0.2, 0) is 20.1 Å². The zero-order valence-corrected chi connectivity index (χ0v) is 34.8. The molecule has 8 rings (SSSR count). The largest absolute Gasteiger partial charge is 0.486 e. The van der Waals surface area contributed by atoms with Crippen LogP contribution >= 0.6 is 0 Å². The van der Waals surface area contributed by atoms with Gasteiger partial charge in [-0.15, -0.1) is 53.6 Å². The number of hydrogen-bond donors (Lipinski definition) is 0. The van der Waals surface area contributed by atoms with Crippen molar-refractivity contribution in [3.63, 3.8) is 0 Å². The molecule has 0 N–H and O–H groups in total. The fourth-order valence-corrected chi connectivity index (χ4v) is 7.58. The Balaban J connectivity index is 0.000000217. The number of furan rings is 1. The van der Waals surface area contributed by atoms with E-state index in [9.17, 15) is 0 Å². The average Bonchev–Trinajstić information content (AvgIpc) is 3.72. The Bertz CT molecular complexity index is 2560. The van der Waals surface area contributed by atoms with Crippen LogP contribution in [-0.4, -0.2) is 32.6 Å². The fourth-order valence-electron chi connectivity index (χ4n) is 6.55. The van der Waals surface area contributed by atoms with Gasteiger partial charge in [0.2, 0.25) is 5.71 Å². The van der Waals surface area contributed by atoms with Gasteiger partial charge in [0.1, 0.15) is 0 Å². The van der Waals surface area contributed by atoms with Crippen molar-refractivity contribution in [2.75, 3.05) is 0 Å². The van der Waals surface area contributed by atoms with E-state index in [1.807, 2.05) is 49.6 Å². The maximum absolute atomic E-state index is 7.35. The molecule has 53 heavy (non-hydrogen) atoms. The monoisotopic (exact) mass is 895 g/mol. The Morgan fingerprint density at radius 3 is 2.25 bits per heavy atom. The van der Waals surface area contributed by atoms with Gasteiger partial charge >= 0.3 is 0 Å². The van der Waals surface area contributed by atoms with Crippen LogP contribution in [0.2, 0.25) is 19.6 Å². The van der Waals surface area contributed by atoms with Crippen LogP contribution in [0.1, 0.15) is 66.0 Å². The van der Waals surface area contributed by atoms with E-state index in [4.69, 9.17) is 13.5 Å². The van der Waals surface area contributed by atoms with Gasteiger partial charge in [0.05, 0.1) is 36.7 Å². The van der Waals surface area contributed by atoms with Crippen molar-refractivity contribution >= 4 is 46.4 Å². The van der Waals surface area contributed by atoms with Crippen molar-refractivity contribution < 1.29 is 28.6 Å². The normalized spacial score (nSPS) is 12.8. The number of aromatic nitrogens is 5. The summed E-state index contributed by atoms with van der Waals surface area (Å²) in [6, 6.07) is 32.1. The van der Waals surface area contributed by atoms with E-state index < -0.39 is 14.9 Å². The van der Waals surface area contributed by atoms with E-state index in [0.717, 1.165) is 55.7 Å². The molecular formula is C45H45IrN5OSi-2. The van der Waals surface area contributed by atoms with E-state index in [1.54, 1.807) is 18.3 Å². The van der Waals surface area contributed by atoms with Crippen molar-refractivity contribution in [1.82, 2.24) is 24.5 Å². The van der Waals surface area contributed by atoms with Gasteiger partial charge in [0.15, 0.2) is 0 Å². The molecule has 0 aliphatic carbocycles. The first-order valence-electron chi connectivity index (χ1n) is 19.3. The predicted octanol–water partition coefficient (Wildman–Crippen LogP) is 11.1. The maximum atomic E-state index is 7.35. The van der Waals surface area contributed by atoms with Crippen molar-refractivity contribution in [2.24, 2.45) is 0 Å². The Labute approximate surface area is 331 Å². The Morgan fingerprint density at radius 1 is 0.830 bits per heavy atom. The summed E-state index contributed by atoms with van der Waals surface area (Å²) in [4.78, 5) is 18.7. The topological polar surface area (TPSA) is 69.6 Å². The van der Waals surface area contributed by atoms with Gasteiger partial charge < -0.3 is 14.0 Å². The minimum absolute atomic E-state index is 0. The summed E-state index contributed by atoms with van der Waals surface area (Å²) in [5.41, 5.74) is 10.6. The summed E-state index contributed by atoms with van der Waals surface area (Å²) in [6.07, 6.45) is 5.61. The number of hydrogen-bond acceptors (Lipinski definition) is 5. The van der Waals surface area contributed by atoms with Crippen LogP contribution in [0.3, 0.4) is 0 Å². The third-order valence-electron chi connectivity index (χ3n) is 9.40. The molecule has 8 aromatic rings. The first-order valence-corrected chi connectivity index (χ1v) is 21.3. The second-order valence-electron chi connectivity index (χ2n) is 14.9. The SMILES string of the molecule is Cc1ccc2c(n1)oc1c(-c3nc4ccncc4n3-c3c(C(C)C)cccc3C(C)C)[c-]ccc12.[2H]C([2H])([2H])c1c[c-]c(-c2ccc([Si](C)(C)C)cn2)cc1.[Ir]. The van der Waals surface area contributed by atoms with Crippen LogP contribution < -0.4 is 5.19 Å². The first kappa shape index (κ1) is 34.0. The molecule has 6 nitrogen and oxygen atoms in total. The van der Waals surface area contributed by atoms with E-state index >= 15 is 0 Å². The van der Waals surface area contributed by atoms with Crippen LogP contribution in [0.4, 0.5) is 0 Å². The van der Waals surface area contributed by atoms with Crippen molar-refractivity contribution in [1.29, 1.82) is 0 Å². The van der Waals surface area contributed by atoms with Gasteiger partial charge in [-0.2, -0.15) is 0 Å². The predicted molar refractivity (Wildman–Crippen MR) is 217 cm³/mol. The quantitative estimate of drug-likeness (QED) is 0.123. The van der Waals surface area contributed by atoms with Crippen molar-refractivity contribution in [3.8, 4) is 28.3 Å². The number of nitrogens with zero attached hydrogens (tertiary/aromatic N) is 5. The van der Waals surface area contributed by atoms with E-state index in [1.165, 1.54) is 28.1 Å². The molecule has 5 aromatic heterocycles. The molecule has 0 fully saturated rings. The van der Waals surface area contributed by atoms with Gasteiger partial charge in [-0.05, 0) is 59.0 Å². The van der Waals surface area contributed by atoms with E-state index in [0.29, 0.717) is 23.1 Å². The third kappa shape index (κ3) is 7.54. The van der Waals surface area contributed by atoms with Gasteiger partial charge in [0, 0.05) is 53.4 Å². The second kappa shape index (κ2) is 15.3. The molecule has 0 saturated heterocycles. The van der Waals surface area contributed by atoms with Gasteiger partial charge in [0.25, 0.3) is 0 Å². The summed E-state index contributed by atoms with van der Waals surface area (Å²) in [5, 5.41) is 3.31. The number of benzene rings is 3. The summed E-state index contributed by atoms with van der Waals surface area (Å²) in [5.74, 6) is 1.47. The number of aryl methyl sites for hydroxylation is 2. The maximum Gasteiger partial charge on any atom is 0.216 e. The summed E-state index contributed by atoms with van der Waals surface area (Å²) >= 11 is 0. The first-order chi connectivity index (χ1) is 26.1. The number of rotatable bonds is 6. The molecule has 0 amide bonds. The van der Waals surface area contributed by atoms with E-state index in [-0.39, 0.29) is 20.1 Å². The Hall–Kier alpha value is -4.75. The fraction of sp³-hybridized carbons (Fsp3) is 0.244. The second-order valence-corrected chi connectivity index (χ2v) is 20.0. The average molecular weight is 895 g/mol. The van der Waals surface area contributed by atoms with Crippen molar-refractivity contribution in [2.45, 2.75) is 72.9 Å². The Morgan fingerprint density at radius 2 is 1.60 bits per heavy atom. The molecular weight excluding hydrogens is 847 g/mol. The van der Waals surface area contributed by atoms with Gasteiger partial charge in [-0.25, -0.2) is 4.98 Å². The molecule has 0 spiro atoms. The van der Waals surface area contributed by atoms with Crippen LogP contribution in [0, 0.1) is 25.9 Å². The molecule has 0 aliphatic heterocycles. The zero-order chi connectivity index (χ0) is 39.2. The summed E-state index contributed by atoms with van der Waals surface area (Å²) in [7, 11) is -1.34. The van der Waals surface area contributed by atoms with Gasteiger partial charge in [-0.1, -0.05) is 95.5 Å². The zero-order valence-electron chi connectivity index (χ0n) is 34.4. The Kier molecular flexibility index (Phi) is 9.83.